The number of carbonyl (C=O) groups is 5. The number of hydrogen-bond acceptors (Lipinski definition) is 9. The lowest BCUT2D eigenvalue weighted by Crippen LogP contribution is -2.60. The Morgan fingerprint density at radius 3 is 1.97 bits per heavy atom. The van der Waals surface area contributed by atoms with E-state index in [1.54, 1.807) is 12.1 Å². The fraction of sp³-hybridized carbons (Fsp3) is 0.476. The molecule has 14 nitrogen and oxygen atoms in total. The molecule has 0 aliphatic rings. The number of nitrogens with two attached hydrogens (primary N) is 1. The van der Waals surface area contributed by atoms with Gasteiger partial charge in [0.1, 0.15) is 23.9 Å². The summed E-state index contributed by atoms with van der Waals surface area (Å²) < 4.78 is 0. The average Bonchev–Trinajstić information content (AvgIpc) is 2.78. The van der Waals surface area contributed by atoms with E-state index in [2.05, 4.69) is 10.6 Å². The molecule has 14 heteroatoms. The number of carboxylic acid groups (broad SMARTS) is 2. The number of benzene rings is 1. The first-order valence-electron chi connectivity index (χ1n) is 10.5. The van der Waals surface area contributed by atoms with Crippen LogP contribution in [0.15, 0.2) is 24.3 Å². The Hall–Kier alpha value is -3.75. The fourth-order valence-electron chi connectivity index (χ4n) is 2.90. The fourth-order valence-corrected chi connectivity index (χ4v) is 2.90. The van der Waals surface area contributed by atoms with Crippen LogP contribution in [0, 0.1) is 0 Å². The lowest BCUT2D eigenvalue weighted by molar-refractivity contribution is -0.144. The smallest absolute Gasteiger partial charge is 0.328 e. The number of phenolic OH excluding ortho intramolecular Hbond substituents is 1. The van der Waals surface area contributed by atoms with Crippen molar-refractivity contribution < 1.29 is 49.5 Å². The van der Waals surface area contributed by atoms with Gasteiger partial charge in [-0.05, 0) is 37.5 Å². The van der Waals surface area contributed by atoms with Gasteiger partial charge in [-0.2, -0.15) is 0 Å². The third kappa shape index (κ3) is 9.95. The van der Waals surface area contributed by atoms with Crippen molar-refractivity contribution >= 4 is 29.7 Å². The van der Waals surface area contributed by atoms with Crippen molar-refractivity contribution in [2.75, 3.05) is 6.61 Å². The molecular formula is C21H30N4O10. The highest BCUT2D eigenvalue weighted by atomic mass is 16.4. The Bertz CT molecular complexity index is 906. The first kappa shape index (κ1) is 29.3. The average molecular weight is 498 g/mol. The summed E-state index contributed by atoms with van der Waals surface area (Å²) in [5, 5.41) is 52.7. The summed E-state index contributed by atoms with van der Waals surface area (Å²) in [5.41, 5.74) is 6.48. The molecule has 10 N–H and O–H groups in total. The number of aliphatic carboxylic acids is 2. The number of carbonyl (C=O) groups excluding carboxylic acids is 3. The van der Waals surface area contributed by atoms with Crippen LogP contribution >= 0.6 is 0 Å². The topological polar surface area (TPSA) is 249 Å². The van der Waals surface area contributed by atoms with Gasteiger partial charge in [-0.15, -0.1) is 0 Å². The first-order chi connectivity index (χ1) is 16.3. The number of carboxylic acids is 2. The zero-order chi connectivity index (χ0) is 26.7. The molecule has 1 rings (SSSR count). The summed E-state index contributed by atoms with van der Waals surface area (Å²) in [6, 6.07) is -0.0667. The second-order valence-corrected chi connectivity index (χ2v) is 7.78. The van der Waals surface area contributed by atoms with Gasteiger partial charge >= 0.3 is 11.9 Å². The molecule has 0 spiro atoms. The largest absolute Gasteiger partial charge is 0.508 e. The van der Waals surface area contributed by atoms with Crippen LogP contribution in [0.25, 0.3) is 0 Å². The molecule has 5 unspecified atom stereocenters. The van der Waals surface area contributed by atoms with E-state index in [1.165, 1.54) is 19.1 Å². The van der Waals surface area contributed by atoms with Gasteiger partial charge in [-0.1, -0.05) is 12.1 Å². The summed E-state index contributed by atoms with van der Waals surface area (Å²) in [6.45, 7) is 0.237. The molecule has 0 bridgehead atoms. The Kier molecular flexibility index (Phi) is 11.6. The SMILES string of the molecule is CC(O)C(NC(=O)C(N)Cc1ccc(O)cc1)C(=O)NC(CCC(=O)O)C(=O)NC(CO)C(=O)O. The quantitative estimate of drug-likeness (QED) is 0.125. The molecule has 0 aromatic heterocycles. The van der Waals surface area contributed by atoms with E-state index in [-0.39, 0.29) is 12.2 Å². The maximum Gasteiger partial charge on any atom is 0.328 e. The number of phenols is 1. The number of hydrogen-bond donors (Lipinski definition) is 9. The molecule has 0 aliphatic heterocycles. The maximum absolute atomic E-state index is 12.7. The highest BCUT2D eigenvalue weighted by Crippen LogP contribution is 2.11. The molecule has 0 saturated heterocycles. The number of nitrogens with one attached hydrogen (secondary N) is 3. The van der Waals surface area contributed by atoms with Crippen LogP contribution < -0.4 is 21.7 Å². The third-order valence-electron chi connectivity index (χ3n) is 4.87. The van der Waals surface area contributed by atoms with Crippen LogP contribution in [0.4, 0.5) is 0 Å². The van der Waals surface area contributed by atoms with Crippen LogP contribution in [0.5, 0.6) is 5.75 Å². The molecule has 0 saturated carbocycles. The first-order valence-corrected chi connectivity index (χ1v) is 10.5. The molecular weight excluding hydrogens is 468 g/mol. The lowest BCUT2D eigenvalue weighted by atomic mass is 10.0. The molecule has 194 valence electrons. The zero-order valence-corrected chi connectivity index (χ0v) is 18.9. The Balaban J connectivity index is 2.92. The van der Waals surface area contributed by atoms with Crippen LogP contribution in [-0.2, 0) is 30.4 Å². The van der Waals surface area contributed by atoms with E-state index in [4.69, 9.17) is 21.1 Å². The molecule has 3 amide bonds. The molecule has 0 radical (unpaired) electrons. The van der Waals surface area contributed by atoms with Gasteiger partial charge in [0.05, 0.1) is 18.8 Å². The van der Waals surface area contributed by atoms with Gasteiger partial charge in [0.25, 0.3) is 0 Å². The van der Waals surface area contributed by atoms with Gasteiger partial charge in [0.15, 0.2) is 0 Å². The highest BCUT2D eigenvalue weighted by Gasteiger charge is 2.32. The number of aromatic hydroxyl groups is 1. The summed E-state index contributed by atoms with van der Waals surface area (Å²) in [6.07, 6.45) is -2.42. The van der Waals surface area contributed by atoms with Crippen LogP contribution in [0.1, 0.15) is 25.3 Å². The van der Waals surface area contributed by atoms with Gasteiger partial charge in [-0.25, -0.2) is 4.79 Å². The summed E-state index contributed by atoms with van der Waals surface area (Å²) in [5.74, 6) is -5.77. The number of aliphatic hydroxyl groups excluding tert-OH is 2. The summed E-state index contributed by atoms with van der Waals surface area (Å²) in [7, 11) is 0. The Morgan fingerprint density at radius 1 is 0.914 bits per heavy atom. The maximum atomic E-state index is 12.7. The Morgan fingerprint density at radius 2 is 1.49 bits per heavy atom. The van der Waals surface area contributed by atoms with Crippen molar-refractivity contribution in [3.8, 4) is 5.75 Å². The van der Waals surface area contributed by atoms with E-state index in [0.29, 0.717) is 5.56 Å². The normalized spacial score (nSPS) is 15.1. The van der Waals surface area contributed by atoms with Crippen molar-refractivity contribution in [3.05, 3.63) is 29.8 Å². The molecule has 5 atom stereocenters. The van der Waals surface area contributed by atoms with Crippen molar-refractivity contribution in [2.24, 2.45) is 5.73 Å². The second-order valence-electron chi connectivity index (χ2n) is 7.78. The predicted molar refractivity (Wildman–Crippen MR) is 119 cm³/mol. The number of aliphatic hydroxyl groups is 2. The molecule has 0 fully saturated rings. The van der Waals surface area contributed by atoms with Gasteiger partial charge < -0.3 is 47.2 Å². The summed E-state index contributed by atoms with van der Waals surface area (Å²) in [4.78, 5) is 59.6. The highest BCUT2D eigenvalue weighted by molar-refractivity contribution is 5.94. The minimum Gasteiger partial charge on any atom is -0.508 e. The van der Waals surface area contributed by atoms with E-state index < -0.39 is 79.4 Å². The van der Waals surface area contributed by atoms with E-state index >= 15 is 0 Å². The summed E-state index contributed by atoms with van der Waals surface area (Å²) >= 11 is 0. The zero-order valence-electron chi connectivity index (χ0n) is 18.9. The number of amides is 3. The second kappa shape index (κ2) is 13.8. The van der Waals surface area contributed by atoms with Crippen LogP contribution in [0.3, 0.4) is 0 Å². The lowest BCUT2D eigenvalue weighted by Gasteiger charge is -2.26. The van der Waals surface area contributed by atoms with Gasteiger partial charge in [0.2, 0.25) is 17.7 Å². The standard InChI is InChI=1S/C21H30N4O10/c1-10(27)17(25-18(31)13(22)8-11-2-4-12(28)5-3-11)20(33)23-14(6-7-16(29)30)19(32)24-15(9-26)21(34)35/h2-5,10,13-15,17,26-28H,6-9,22H2,1H3,(H,23,33)(H,24,32)(H,25,31)(H,29,30)(H,34,35). The minimum absolute atomic E-state index is 0.0211. The van der Waals surface area contributed by atoms with Crippen molar-refractivity contribution in [2.45, 2.75) is 56.5 Å². The number of rotatable bonds is 14. The van der Waals surface area contributed by atoms with Gasteiger partial charge in [0, 0.05) is 6.42 Å². The molecule has 1 aromatic rings. The van der Waals surface area contributed by atoms with E-state index in [9.17, 15) is 34.2 Å². The predicted octanol–water partition coefficient (Wildman–Crippen LogP) is -2.96. The van der Waals surface area contributed by atoms with E-state index in [0.717, 1.165) is 0 Å². The van der Waals surface area contributed by atoms with Crippen molar-refractivity contribution in [3.63, 3.8) is 0 Å². The van der Waals surface area contributed by atoms with Crippen molar-refractivity contribution in [1.29, 1.82) is 0 Å². The molecule has 1 aromatic carbocycles. The molecule has 0 heterocycles. The van der Waals surface area contributed by atoms with Gasteiger partial charge in [-0.3, -0.25) is 19.2 Å². The third-order valence-corrected chi connectivity index (χ3v) is 4.87. The Labute approximate surface area is 200 Å². The van der Waals surface area contributed by atoms with Crippen LogP contribution in [-0.4, -0.2) is 92.1 Å². The minimum atomic E-state index is -1.70. The van der Waals surface area contributed by atoms with E-state index in [1.807, 2.05) is 5.32 Å². The van der Waals surface area contributed by atoms with Crippen LogP contribution in [0.2, 0.25) is 0 Å². The van der Waals surface area contributed by atoms with Crippen molar-refractivity contribution in [1.82, 2.24) is 16.0 Å². The monoisotopic (exact) mass is 498 g/mol. The molecule has 35 heavy (non-hydrogen) atoms. The molecule has 0 aliphatic carbocycles.